The van der Waals surface area contributed by atoms with Crippen molar-refractivity contribution in [1.29, 1.82) is 5.26 Å². The van der Waals surface area contributed by atoms with Gasteiger partial charge in [0.2, 0.25) is 0 Å². The number of rotatable bonds is 6. The molecule has 28 heavy (non-hydrogen) atoms. The predicted octanol–water partition coefficient (Wildman–Crippen LogP) is 3.16. The summed E-state index contributed by atoms with van der Waals surface area (Å²) >= 11 is 0. The summed E-state index contributed by atoms with van der Waals surface area (Å²) in [6.07, 6.45) is 3.22. The maximum Gasteiger partial charge on any atom is 0.335 e. The largest absolute Gasteiger partial charge is 0.478 e. The molecule has 0 unspecified atom stereocenters. The summed E-state index contributed by atoms with van der Waals surface area (Å²) in [4.78, 5) is 23.5. The molecule has 1 saturated heterocycles. The Balaban J connectivity index is 1.77. The Morgan fingerprint density at radius 1 is 1.36 bits per heavy atom. The minimum atomic E-state index is -1.01. The Labute approximate surface area is 162 Å². The Morgan fingerprint density at radius 3 is 2.86 bits per heavy atom. The van der Waals surface area contributed by atoms with Crippen molar-refractivity contribution in [3.8, 4) is 17.4 Å². The van der Waals surface area contributed by atoms with E-state index in [0.29, 0.717) is 35.8 Å². The van der Waals surface area contributed by atoms with Crippen LogP contribution in [0.15, 0.2) is 40.3 Å². The molecular formula is C21H20N2O5. The van der Waals surface area contributed by atoms with Gasteiger partial charge >= 0.3 is 5.97 Å². The van der Waals surface area contributed by atoms with Crippen LogP contribution in [0.1, 0.15) is 34.5 Å². The van der Waals surface area contributed by atoms with Gasteiger partial charge < -0.3 is 19.6 Å². The number of carbonyl (C=O) groups is 2. The Morgan fingerprint density at radius 2 is 2.18 bits per heavy atom. The number of benzene rings is 1. The molecule has 1 aromatic heterocycles. The van der Waals surface area contributed by atoms with Crippen LogP contribution in [0.3, 0.4) is 0 Å². The fourth-order valence-corrected chi connectivity index (χ4v) is 3.11. The van der Waals surface area contributed by atoms with Crippen molar-refractivity contribution in [1.82, 2.24) is 5.32 Å². The number of nitrogens with one attached hydrogen (secondary N) is 1. The molecule has 1 aromatic carbocycles. The highest BCUT2D eigenvalue weighted by molar-refractivity contribution is 6.01. The van der Waals surface area contributed by atoms with Crippen LogP contribution in [0.4, 0.5) is 0 Å². The number of carboxylic acid groups (broad SMARTS) is 1. The van der Waals surface area contributed by atoms with Crippen LogP contribution in [0.2, 0.25) is 0 Å². The third-order valence-corrected chi connectivity index (χ3v) is 4.62. The number of hydrogen-bond donors (Lipinski definition) is 2. The van der Waals surface area contributed by atoms with E-state index < -0.39 is 11.9 Å². The monoisotopic (exact) mass is 380 g/mol. The second-order valence-corrected chi connectivity index (χ2v) is 6.50. The number of carboxylic acids is 1. The van der Waals surface area contributed by atoms with Gasteiger partial charge in [0.15, 0.2) is 0 Å². The molecule has 1 aliphatic heterocycles. The van der Waals surface area contributed by atoms with Gasteiger partial charge in [-0.15, -0.1) is 0 Å². The lowest BCUT2D eigenvalue weighted by Gasteiger charge is -2.09. The molecule has 1 amide bonds. The molecule has 144 valence electrons. The van der Waals surface area contributed by atoms with Crippen molar-refractivity contribution in [3.05, 3.63) is 52.8 Å². The number of nitriles is 1. The normalized spacial score (nSPS) is 16.6. The average molecular weight is 380 g/mol. The number of nitrogens with zero attached hydrogens (tertiary/aromatic N) is 1. The van der Waals surface area contributed by atoms with E-state index in [1.807, 2.05) is 6.07 Å². The minimum absolute atomic E-state index is 0.0106. The highest BCUT2D eigenvalue weighted by Crippen LogP contribution is 2.28. The molecule has 2 aromatic rings. The van der Waals surface area contributed by atoms with Gasteiger partial charge in [-0.05, 0) is 43.5 Å². The van der Waals surface area contributed by atoms with E-state index in [4.69, 9.17) is 9.15 Å². The lowest BCUT2D eigenvalue weighted by atomic mass is 10.0. The highest BCUT2D eigenvalue weighted by Gasteiger charge is 2.18. The van der Waals surface area contributed by atoms with E-state index in [2.05, 4.69) is 5.32 Å². The summed E-state index contributed by atoms with van der Waals surface area (Å²) in [5.74, 6) is -0.705. The summed E-state index contributed by atoms with van der Waals surface area (Å²) in [6, 6.07) is 10.1. The molecule has 2 N–H and O–H groups in total. The van der Waals surface area contributed by atoms with Crippen molar-refractivity contribution >= 4 is 18.0 Å². The molecule has 7 heteroatoms. The van der Waals surface area contributed by atoms with Crippen LogP contribution in [0.25, 0.3) is 17.4 Å². The number of amides is 1. The molecule has 1 atom stereocenters. The molecule has 0 aliphatic carbocycles. The van der Waals surface area contributed by atoms with E-state index in [-0.39, 0.29) is 17.2 Å². The van der Waals surface area contributed by atoms with Gasteiger partial charge in [0, 0.05) is 24.8 Å². The van der Waals surface area contributed by atoms with E-state index in [1.165, 1.54) is 12.1 Å². The number of ether oxygens (including phenoxy) is 1. The second kappa shape index (κ2) is 8.55. The van der Waals surface area contributed by atoms with E-state index in [9.17, 15) is 20.0 Å². The minimum Gasteiger partial charge on any atom is -0.478 e. The summed E-state index contributed by atoms with van der Waals surface area (Å²) in [6.45, 7) is 2.76. The number of carbonyl (C=O) groups excluding carboxylic acids is 1. The van der Waals surface area contributed by atoms with Crippen molar-refractivity contribution in [2.75, 3.05) is 13.2 Å². The topological polar surface area (TPSA) is 113 Å². The predicted molar refractivity (Wildman–Crippen MR) is 101 cm³/mol. The Bertz CT molecular complexity index is 961. The van der Waals surface area contributed by atoms with Gasteiger partial charge in [-0.2, -0.15) is 5.26 Å². The summed E-state index contributed by atoms with van der Waals surface area (Å²) in [5, 5.41) is 21.3. The fraction of sp³-hybridized carbons (Fsp3) is 0.286. The van der Waals surface area contributed by atoms with Crippen LogP contribution in [0, 0.1) is 18.3 Å². The third-order valence-electron chi connectivity index (χ3n) is 4.62. The summed E-state index contributed by atoms with van der Waals surface area (Å²) in [5.41, 5.74) is 1.34. The van der Waals surface area contributed by atoms with Gasteiger partial charge in [-0.25, -0.2) is 4.79 Å². The number of hydrogen-bond acceptors (Lipinski definition) is 5. The smallest absolute Gasteiger partial charge is 0.335 e. The molecule has 0 saturated carbocycles. The molecule has 0 bridgehead atoms. The number of furan rings is 1. The van der Waals surface area contributed by atoms with E-state index >= 15 is 0 Å². The van der Waals surface area contributed by atoms with Crippen LogP contribution < -0.4 is 5.32 Å². The Hall–Kier alpha value is -3.37. The first kappa shape index (κ1) is 19.4. The van der Waals surface area contributed by atoms with E-state index in [1.54, 1.807) is 31.2 Å². The molecular weight excluding hydrogens is 360 g/mol. The molecule has 1 aliphatic rings. The zero-order chi connectivity index (χ0) is 20.1. The fourth-order valence-electron chi connectivity index (χ4n) is 3.11. The second-order valence-electron chi connectivity index (χ2n) is 6.50. The lowest BCUT2D eigenvalue weighted by molar-refractivity contribution is -0.117. The molecule has 7 nitrogen and oxygen atoms in total. The first-order valence-electron chi connectivity index (χ1n) is 8.94. The molecule has 3 rings (SSSR count). The first-order valence-corrected chi connectivity index (χ1v) is 8.94. The van der Waals surface area contributed by atoms with E-state index in [0.717, 1.165) is 12.8 Å². The van der Waals surface area contributed by atoms with Gasteiger partial charge in [0.25, 0.3) is 5.91 Å². The number of aromatic carboxylic acids is 1. The van der Waals surface area contributed by atoms with Gasteiger partial charge in [0.1, 0.15) is 23.2 Å². The maximum atomic E-state index is 12.2. The maximum absolute atomic E-state index is 12.2. The van der Waals surface area contributed by atoms with Crippen LogP contribution in [-0.4, -0.2) is 36.2 Å². The van der Waals surface area contributed by atoms with Crippen LogP contribution >= 0.6 is 0 Å². The van der Waals surface area contributed by atoms with Crippen LogP contribution in [0.5, 0.6) is 0 Å². The first-order chi connectivity index (χ1) is 13.5. The van der Waals surface area contributed by atoms with Crippen molar-refractivity contribution in [2.45, 2.75) is 25.9 Å². The van der Waals surface area contributed by atoms with Crippen molar-refractivity contribution < 1.29 is 23.8 Å². The third kappa shape index (κ3) is 4.30. The SMILES string of the molecule is Cc1c(C(=O)O)cccc1-c1ccc(/C=C(\C#N)C(=O)NC[C@@H]2CCCO2)o1. The van der Waals surface area contributed by atoms with Crippen molar-refractivity contribution in [2.24, 2.45) is 0 Å². The standard InChI is InChI=1S/C21H20N2O5/c1-13-17(5-2-6-18(13)21(25)26)19-8-7-15(28-19)10-14(11-22)20(24)23-12-16-4-3-9-27-16/h2,5-8,10,16H,3-4,9,12H2,1H3,(H,23,24)(H,25,26)/b14-10+/t16-/m0/s1. The summed E-state index contributed by atoms with van der Waals surface area (Å²) in [7, 11) is 0. The van der Waals surface area contributed by atoms with Gasteiger partial charge in [-0.1, -0.05) is 12.1 Å². The zero-order valence-electron chi connectivity index (χ0n) is 15.4. The van der Waals surface area contributed by atoms with Gasteiger partial charge in [0.05, 0.1) is 11.7 Å². The van der Waals surface area contributed by atoms with Crippen LogP contribution in [-0.2, 0) is 9.53 Å². The molecule has 0 spiro atoms. The molecule has 1 fully saturated rings. The summed E-state index contributed by atoms with van der Waals surface area (Å²) < 4.78 is 11.2. The molecule has 0 radical (unpaired) electrons. The average Bonchev–Trinajstić information content (AvgIpc) is 3.36. The zero-order valence-corrected chi connectivity index (χ0v) is 15.4. The molecule has 2 heterocycles. The van der Waals surface area contributed by atoms with Gasteiger partial charge in [-0.3, -0.25) is 4.79 Å². The lowest BCUT2D eigenvalue weighted by Crippen LogP contribution is -2.32. The Kier molecular flexibility index (Phi) is 5.92. The van der Waals surface area contributed by atoms with Crippen molar-refractivity contribution in [3.63, 3.8) is 0 Å². The highest BCUT2D eigenvalue weighted by atomic mass is 16.5. The quantitative estimate of drug-likeness (QED) is 0.588.